The number of hydrogen-bond donors (Lipinski definition) is 1. The molecule has 1 aromatic rings. The first-order chi connectivity index (χ1) is 11.0. The molecular formula is C19H29NO3. The number of methoxy groups -OCH3 is 2. The van der Waals surface area contributed by atoms with E-state index in [0.717, 1.165) is 30.9 Å². The van der Waals surface area contributed by atoms with Crippen molar-refractivity contribution in [3.8, 4) is 11.5 Å². The summed E-state index contributed by atoms with van der Waals surface area (Å²) in [6, 6.07) is 6.71. The molecule has 1 heterocycles. The fourth-order valence-corrected chi connectivity index (χ4v) is 5.17. The molecule has 0 unspecified atom stereocenters. The van der Waals surface area contributed by atoms with Crippen molar-refractivity contribution in [1.82, 2.24) is 4.90 Å². The number of rotatable bonds is 3. The van der Waals surface area contributed by atoms with Crippen LogP contribution in [-0.2, 0) is 5.41 Å². The topological polar surface area (TPSA) is 41.9 Å². The van der Waals surface area contributed by atoms with Crippen molar-refractivity contribution in [2.75, 3.05) is 27.8 Å². The van der Waals surface area contributed by atoms with Gasteiger partial charge in [-0.25, -0.2) is 0 Å². The Balaban J connectivity index is 2.11. The third-order valence-electron chi connectivity index (χ3n) is 6.38. The van der Waals surface area contributed by atoms with Gasteiger partial charge in [-0.15, -0.1) is 0 Å². The highest BCUT2D eigenvalue weighted by atomic mass is 16.5. The SMILES string of the molecule is COc1ccc([C@]23CCN(C)[C@H]2[C@H](C)[C@H](O)C[C@@H]3C)cc1OC. The van der Waals surface area contributed by atoms with E-state index < -0.39 is 0 Å². The van der Waals surface area contributed by atoms with Gasteiger partial charge in [0.25, 0.3) is 0 Å². The highest BCUT2D eigenvalue weighted by molar-refractivity contribution is 5.47. The second-order valence-corrected chi connectivity index (χ2v) is 7.35. The molecule has 0 spiro atoms. The van der Waals surface area contributed by atoms with E-state index in [-0.39, 0.29) is 17.4 Å². The second kappa shape index (κ2) is 5.99. The zero-order chi connectivity index (χ0) is 16.8. The molecule has 5 atom stereocenters. The van der Waals surface area contributed by atoms with E-state index in [1.54, 1.807) is 14.2 Å². The molecule has 1 aromatic carbocycles. The van der Waals surface area contributed by atoms with E-state index in [2.05, 4.69) is 37.9 Å². The van der Waals surface area contributed by atoms with E-state index in [4.69, 9.17) is 9.47 Å². The first-order valence-electron chi connectivity index (χ1n) is 8.56. The summed E-state index contributed by atoms with van der Waals surface area (Å²) in [4.78, 5) is 2.43. The molecule has 0 radical (unpaired) electrons. The lowest BCUT2D eigenvalue weighted by Crippen LogP contribution is -2.56. The van der Waals surface area contributed by atoms with Gasteiger partial charge in [0.2, 0.25) is 0 Å². The van der Waals surface area contributed by atoms with Gasteiger partial charge in [0.05, 0.1) is 20.3 Å². The molecule has 0 bridgehead atoms. The van der Waals surface area contributed by atoms with Crippen LogP contribution in [0.2, 0.25) is 0 Å². The zero-order valence-corrected chi connectivity index (χ0v) is 14.9. The Labute approximate surface area is 139 Å². The van der Waals surface area contributed by atoms with Crippen LogP contribution in [0.25, 0.3) is 0 Å². The van der Waals surface area contributed by atoms with Crippen LogP contribution in [0.5, 0.6) is 11.5 Å². The number of aliphatic hydroxyl groups excluding tert-OH is 1. The fourth-order valence-electron chi connectivity index (χ4n) is 5.17. The van der Waals surface area contributed by atoms with Crippen molar-refractivity contribution in [2.24, 2.45) is 11.8 Å². The maximum Gasteiger partial charge on any atom is 0.161 e. The molecule has 1 saturated carbocycles. The minimum atomic E-state index is -0.219. The van der Waals surface area contributed by atoms with Crippen LogP contribution in [0, 0.1) is 11.8 Å². The lowest BCUT2D eigenvalue weighted by atomic mass is 9.57. The Bertz CT molecular complexity index is 576. The van der Waals surface area contributed by atoms with E-state index in [1.807, 2.05) is 6.07 Å². The lowest BCUT2D eigenvalue weighted by Gasteiger charge is -2.51. The third-order valence-corrected chi connectivity index (χ3v) is 6.38. The molecule has 128 valence electrons. The van der Waals surface area contributed by atoms with Crippen LogP contribution in [0.4, 0.5) is 0 Å². The van der Waals surface area contributed by atoms with Crippen molar-refractivity contribution >= 4 is 0 Å². The van der Waals surface area contributed by atoms with Crippen LogP contribution in [0.15, 0.2) is 18.2 Å². The zero-order valence-electron chi connectivity index (χ0n) is 14.9. The highest BCUT2D eigenvalue weighted by Crippen LogP contribution is 2.54. The Morgan fingerprint density at radius 1 is 1.17 bits per heavy atom. The standard InChI is InChI=1S/C19H29NO3/c1-12-10-15(21)13(2)18-19(12,8-9-20(18)3)14-6-7-16(22-4)17(11-14)23-5/h6-7,11-13,15,18,21H,8-10H2,1-5H3/t12-,13+,15+,18-,19+/m0/s1. The lowest BCUT2D eigenvalue weighted by molar-refractivity contribution is -0.0260. The summed E-state index contributed by atoms with van der Waals surface area (Å²) in [7, 11) is 5.55. The molecule has 4 nitrogen and oxygen atoms in total. The molecular weight excluding hydrogens is 290 g/mol. The number of hydrogen-bond acceptors (Lipinski definition) is 4. The number of ether oxygens (including phenoxy) is 2. The van der Waals surface area contributed by atoms with Crippen LogP contribution in [0.1, 0.15) is 32.3 Å². The minimum absolute atomic E-state index is 0.0763. The maximum atomic E-state index is 10.5. The van der Waals surface area contributed by atoms with E-state index in [0.29, 0.717) is 12.0 Å². The van der Waals surface area contributed by atoms with Gasteiger partial charge in [-0.2, -0.15) is 0 Å². The van der Waals surface area contributed by atoms with Gasteiger partial charge in [0, 0.05) is 11.5 Å². The number of likely N-dealkylation sites (tertiary alicyclic amines) is 1. The summed E-state index contributed by atoms with van der Waals surface area (Å²) in [5.41, 5.74) is 1.39. The normalized spacial score (nSPS) is 37.5. The Hall–Kier alpha value is -1.26. The number of aliphatic hydroxyl groups is 1. The predicted molar refractivity (Wildman–Crippen MR) is 91.2 cm³/mol. The van der Waals surface area contributed by atoms with Gasteiger partial charge in [-0.3, -0.25) is 0 Å². The molecule has 2 aliphatic rings. The van der Waals surface area contributed by atoms with Gasteiger partial charge in [0.1, 0.15) is 0 Å². The van der Waals surface area contributed by atoms with Crippen molar-refractivity contribution in [3.05, 3.63) is 23.8 Å². The van der Waals surface area contributed by atoms with Gasteiger partial charge in [-0.05, 0) is 56.0 Å². The molecule has 3 rings (SSSR count). The fraction of sp³-hybridized carbons (Fsp3) is 0.684. The average molecular weight is 319 g/mol. The van der Waals surface area contributed by atoms with Crippen LogP contribution >= 0.6 is 0 Å². The Morgan fingerprint density at radius 3 is 2.52 bits per heavy atom. The largest absolute Gasteiger partial charge is 0.493 e. The summed E-state index contributed by atoms with van der Waals surface area (Å²) in [5, 5.41) is 10.5. The van der Waals surface area contributed by atoms with Crippen molar-refractivity contribution in [2.45, 2.75) is 44.2 Å². The molecule has 1 aliphatic carbocycles. The Kier molecular flexibility index (Phi) is 4.32. The summed E-state index contributed by atoms with van der Waals surface area (Å²) in [6.45, 7) is 5.55. The smallest absolute Gasteiger partial charge is 0.161 e. The minimum Gasteiger partial charge on any atom is -0.493 e. The average Bonchev–Trinajstić information content (AvgIpc) is 2.91. The number of likely N-dealkylation sites (N-methyl/N-ethyl adjacent to an activating group) is 1. The second-order valence-electron chi connectivity index (χ2n) is 7.35. The Morgan fingerprint density at radius 2 is 1.87 bits per heavy atom. The van der Waals surface area contributed by atoms with E-state index in [9.17, 15) is 5.11 Å². The molecule has 0 amide bonds. The third kappa shape index (κ3) is 2.34. The molecule has 4 heteroatoms. The molecule has 0 aromatic heterocycles. The summed E-state index contributed by atoms with van der Waals surface area (Å²) < 4.78 is 10.9. The molecule has 23 heavy (non-hydrogen) atoms. The summed E-state index contributed by atoms with van der Waals surface area (Å²) >= 11 is 0. The van der Waals surface area contributed by atoms with Crippen LogP contribution in [0.3, 0.4) is 0 Å². The van der Waals surface area contributed by atoms with Crippen molar-refractivity contribution in [3.63, 3.8) is 0 Å². The quantitative estimate of drug-likeness (QED) is 0.930. The van der Waals surface area contributed by atoms with Gasteiger partial charge < -0.3 is 19.5 Å². The monoisotopic (exact) mass is 319 g/mol. The molecule has 1 N–H and O–H groups in total. The van der Waals surface area contributed by atoms with Gasteiger partial charge >= 0.3 is 0 Å². The number of fused-ring (bicyclic) bond motifs is 1. The van der Waals surface area contributed by atoms with E-state index >= 15 is 0 Å². The van der Waals surface area contributed by atoms with E-state index in [1.165, 1.54) is 5.56 Å². The highest BCUT2D eigenvalue weighted by Gasteiger charge is 2.57. The van der Waals surface area contributed by atoms with Gasteiger partial charge in [0.15, 0.2) is 11.5 Å². The van der Waals surface area contributed by atoms with Gasteiger partial charge in [-0.1, -0.05) is 19.9 Å². The first-order valence-corrected chi connectivity index (χ1v) is 8.56. The number of benzene rings is 1. The summed E-state index contributed by atoms with van der Waals surface area (Å²) in [5.74, 6) is 2.26. The van der Waals surface area contributed by atoms with Crippen LogP contribution in [-0.4, -0.2) is 50.0 Å². The predicted octanol–water partition coefficient (Wildman–Crippen LogP) is 2.68. The number of nitrogens with zero attached hydrogens (tertiary/aromatic N) is 1. The molecule has 2 fully saturated rings. The van der Waals surface area contributed by atoms with Crippen molar-refractivity contribution in [1.29, 1.82) is 0 Å². The van der Waals surface area contributed by atoms with Crippen molar-refractivity contribution < 1.29 is 14.6 Å². The maximum absolute atomic E-state index is 10.5. The molecule has 1 saturated heterocycles. The summed E-state index contributed by atoms with van der Waals surface area (Å²) in [6.07, 6.45) is 1.77. The molecule has 1 aliphatic heterocycles. The first kappa shape index (κ1) is 16.6. The van der Waals surface area contributed by atoms with Crippen LogP contribution < -0.4 is 9.47 Å².